The largest absolute Gasteiger partial charge is 0.322 e. The van der Waals surface area contributed by atoms with E-state index in [4.69, 9.17) is 0 Å². The van der Waals surface area contributed by atoms with E-state index in [1.807, 2.05) is 13.8 Å². The molecule has 0 saturated carbocycles. The molecule has 0 radical (unpaired) electrons. The molecule has 0 atom stereocenters. The van der Waals surface area contributed by atoms with Gasteiger partial charge in [-0.15, -0.1) is 0 Å². The third kappa shape index (κ3) is 5.17. The maximum atomic E-state index is 12.5. The van der Waals surface area contributed by atoms with Crippen LogP contribution in [0.5, 0.6) is 0 Å². The minimum absolute atomic E-state index is 0.113. The highest BCUT2D eigenvalue weighted by molar-refractivity contribution is 7.89. The standard InChI is InChI=1S/C19H24N4O5S2/c1-15-3-7-17(8-4-15)29(25,26)20-13-22-11-12-23(19(22)24)14-21-30(27,28)18-9-5-16(2)6-10-18/h3-10,20-21H,11-14H2,1-2H3. The number of carbonyl (C=O) groups excluding carboxylic acids is 1. The maximum Gasteiger partial charge on any atom is 0.322 e. The normalized spacial score (nSPS) is 15.1. The number of hydrogen-bond donors (Lipinski definition) is 2. The summed E-state index contributed by atoms with van der Waals surface area (Å²) >= 11 is 0. The first kappa shape index (κ1) is 22.2. The van der Waals surface area contributed by atoms with Crippen LogP contribution in [0.3, 0.4) is 0 Å². The minimum atomic E-state index is -3.75. The van der Waals surface area contributed by atoms with Crippen LogP contribution in [-0.2, 0) is 20.0 Å². The molecule has 3 rings (SSSR count). The van der Waals surface area contributed by atoms with E-state index in [1.54, 1.807) is 24.3 Å². The Kier molecular flexibility index (Phi) is 6.46. The molecule has 30 heavy (non-hydrogen) atoms. The van der Waals surface area contributed by atoms with Gasteiger partial charge in [0, 0.05) is 13.1 Å². The molecule has 0 aromatic heterocycles. The van der Waals surface area contributed by atoms with Gasteiger partial charge in [-0.05, 0) is 38.1 Å². The van der Waals surface area contributed by atoms with E-state index in [1.165, 1.54) is 34.1 Å². The summed E-state index contributed by atoms with van der Waals surface area (Å²) in [6.45, 7) is 3.87. The molecule has 1 saturated heterocycles. The summed E-state index contributed by atoms with van der Waals surface area (Å²) in [7, 11) is -7.51. The van der Waals surface area contributed by atoms with E-state index >= 15 is 0 Å². The van der Waals surface area contributed by atoms with Gasteiger partial charge in [0.25, 0.3) is 0 Å². The van der Waals surface area contributed by atoms with Crippen molar-refractivity contribution in [3.8, 4) is 0 Å². The minimum Gasteiger partial charge on any atom is -0.309 e. The Morgan fingerprint density at radius 1 is 0.700 bits per heavy atom. The smallest absolute Gasteiger partial charge is 0.309 e. The van der Waals surface area contributed by atoms with Gasteiger partial charge in [-0.25, -0.2) is 21.6 Å². The number of sulfonamides is 2. The van der Waals surface area contributed by atoms with Gasteiger partial charge in [0.15, 0.2) is 0 Å². The molecule has 162 valence electrons. The first-order chi connectivity index (χ1) is 14.1. The number of nitrogens with zero attached hydrogens (tertiary/aromatic N) is 2. The van der Waals surface area contributed by atoms with Crippen molar-refractivity contribution in [3.63, 3.8) is 0 Å². The highest BCUT2D eigenvalue weighted by Gasteiger charge is 2.30. The monoisotopic (exact) mass is 452 g/mol. The molecular weight excluding hydrogens is 428 g/mol. The topological polar surface area (TPSA) is 116 Å². The van der Waals surface area contributed by atoms with Crippen molar-refractivity contribution >= 4 is 26.1 Å². The number of carbonyl (C=O) groups is 1. The van der Waals surface area contributed by atoms with Crippen molar-refractivity contribution in [1.29, 1.82) is 0 Å². The molecule has 2 aromatic rings. The Bertz CT molecular complexity index is 1030. The second-order valence-electron chi connectivity index (χ2n) is 7.05. The Balaban J connectivity index is 1.55. The molecule has 1 fully saturated rings. The molecule has 0 unspecified atom stereocenters. The van der Waals surface area contributed by atoms with Crippen LogP contribution in [0, 0.1) is 13.8 Å². The highest BCUT2D eigenvalue weighted by Crippen LogP contribution is 2.13. The van der Waals surface area contributed by atoms with E-state index in [0.717, 1.165) is 11.1 Å². The van der Waals surface area contributed by atoms with E-state index in [9.17, 15) is 21.6 Å². The Hall–Kier alpha value is -2.47. The van der Waals surface area contributed by atoms with Crippen LogP contribution in [0.1, 0.15) is 11.1 Å². The number of urea groups is 1. The Morgan fingerprint density at radius 2 is 1.03 bits per heavy atom. The second kappa shape index (κ2) is 8.72. The van der Waals surface area contributed by atoms with E-state index in [-0.39, 0.29) is 36.2 Å². The number of nitrogens with one attached hydrogen (secondary N) is 2. The summed E-state index contributed by atoms with van der Waals surface area (Å²) in [6.07, 6.45) is 0. The third-order valence-corrected chi connectivity index (χ3v) is 7.54. The molecule has 1 aliphatic heterocycles. The second-order valence-corrected chi connectivity index (χ2v) is 10.6. The van der Waals surface area contributed by atoms with E-state index in [2.05, 4.69) is 9.44 Å². The third-order valence-electron chi connectivity index (χ3n) is 4.73. The number of amides is 2. The molecule has 1 heterocycles. The van der Waals surface area contributed by atoms with Crippen LogP contribution in [0.4, 0.5) is 4.79 Å². The lowest BCUT2D eigenvalue weighted by molar-refractivity contribution is 0.191. The summed E-state index contributed by atoms with van der Waals surface area (Å²) in [5, 5.41) is 0. The number of rotatable bonds is 8. The summed E-state index contributed by atoms with van der Waals surface area (Å²) in [6, 6.07) is 12.3. The van der Waals surface area contributed by atoms with Crippen LogP contribution in [0.2, 0.25) is 0 Å². The lowest BCUT2D eigenvalue weighted by atomic mass is 10.2. The highest BCUT2D eigenvalue weighted by atomic mass is 32.2. The van der Waals surface area contributed by atoms with Crippen LogP contribution >= 0.6 is 0 Å². The summed E-state index contributed by atoms with van der Waals surface area (Å²) in [4.78, 5) is 15.3. The lowest BCUT2D eigenvalue weighted by Crippen LogP contribution is -2.43. The lowest BCUT2D eigenvalue weighted by Gasteiger charge is -2.19. The number of hydrogen-bond acceptors (Lipinski definition) is 5. The molecule has 2 amide bonds. The number of benzene rings is 2. The van der Waals surface area contributed by atoms with Gasteiger partial charge >= 0.3 is 6.03 Å². The molecule has 0 bridgehead atoms. The summed E-state index contributed by atoms with van der Waals surface area (Å²) in [5.41, 5.74) is 1.87. The van der Waals surface area contributed by atoms with Crippen molar-refractivity contribution in [3.05, 3.63) is 59.7 Å². The van der Waals surface area contributed by atoms with Gasteiger partial charge in [-0.3, -0.25) is 0 Å². The molecular formula is C19H24N4O5S2. The zero-order chi connectivity index (χ0) is 21.9. The fraction of sp³-hybridized carbons (Fsp3) is 0.316. The average Bonchev–Trinajstić information content (AvgIpc) is 3.05. The van der Waals surface area contributed by atoms with Gasteiger partial charge in [0.1, 0.15) is 0 Å². The predicted octanol–water partition coefficient (Wildman–Crippen LogP) is 1.21. The zero-order valence-corrected chi connectivity index (χ0v) is 18.3. The summed E-state index contributed by atoms with van der Waals surface area (Å²) < 4.78 is 54.3. The van der Waals surface area contributed by atoms with E-state index < -0.39 is 26.1 Å². The molecule has 2 aromatic carbocycles. The van der Waals surface area contributed by atoms with Crippen LogP contribution in [0.15, 0.2) is 58.3 Å². The van der Waals surface area contributed by atoms with Gasteiger partial charge in [0.05, 0.1) is 23.1 Å². The van der Waals surface area contributed by atoms with Crippen molar-refractivity contribution in [2.24, 2.45) is 0 Å². The van der Waals surface area contributed by atoms with Crippen LogP contribution in [0.25, 0.3) is 0 Å². The van der Waals surface area contributed by atoms with Crippen LogP contribution < -0.4 is 9.44 Å². The molecule has 2 N–H and O–H groups in total. The number of aryl methyl sites for hydroxylation is 2. The summed E-state index contributed by atoms with van der Waals surface area (Å²) in [5.74, 6) is 0. The average molecular weight is 453 g/mol. The van der Waals surface area contributed by atoms with Crippen molar-refractivity contribution in [2.45, 2.75) is 23.6 Å². The first-order valence-corrected chi connectivity index (χ1v) is 12.2. The van der Waals surface area contributed by atoms with Crippen molar-refractivity contribution < 1.29 is 21.6 Å². The predicted molar refractivity (Wildman–Crippen MR) is 112 cm³/mol. The fourth-order valence-corrected chi connectivity index (χ4v) is 4.83. The molecule has 0 spiro atoms. The molecule has 1 aliphatic rings. The first-order valence-electron chi connectivity index (χ1n) is 9.25. The quantitative estimate of drug-likeness (QED) is 0.625. The van der Waals surface area contributed by atoms with Gasteiger partial charge in [0.2, 0.25) is 20.0 Å². The van der Waals surface area contributed by atoms with E-state index in [0.29, 0.717) is 0 Å². The Labute approximate surface area is 176 Å². The molecule has 9 nitrogen and oxygen atoms in total. The molecule has 0 aliphatic carbocycles. The Morgan fingerprint density at radius 3 is 1.37 bits per heavy atom. The van der Waals surface area contributed by atoms with Gasteiger partial charge in [-0.2, -0.15) is 9.44 Å². The van der Waals surface area contributed by atoms with Gasteiger partial charge < -0.3 is 9.80 Å². The fourth-order valence-electron chi connectivity index (χ4n) is 2.85. The van der Waals surface area contributed by atoms with Crippen molar-refractivity contribution in [1.82, 2.24) is 19.2 Å². The zero-order valence-electron chi connectivity index (χ0n) is 16.7. The van der Waals surface area contributed by atoms with Gasteiger partial charge in [-0.1, -0.05) is 35.4 Å². The maximum absolute atomic E-state index is 12.5. The van der Waals surface area contributed by atoms with Crippen LogP contribution in [-0.4, -0.2) is 59.1 Å². The molecule has 11 heteroatoms. The van der Waals surface area contributed by atoms with Crippen molar-refractivity contribution in [2.75, 3.05) is 26.4 Å². The SMILES string of the molecule is Cc1ccc(S(=O)(=O)NCN2CCN(CNS(=O)(=O)c3ccc(C)cc3)C2=O)cc1.